The molecule has 0 fully saturated rings. The lowest BCUT2D eigenvalue weighted by Crippen LogP contribution is -1.56. The number of nitrogens with one attached hydrogen (secondary N) is 1. The number of aromatic nitrogens is 1. The van der Waals surface area contributed by atoms with E-state index < -0.39 is 0 Å². The minimum absolute atomic E-state index is 0.937. The van der Waals surface area contributed by atoms with Crippen molar-refractivity contribution in [2.24, 2.45) is 0 Å². The summed E-state index contributed by atoms with van der Waals surface area (Å²) in [5, 5.41) is 1.23. The number of H-pyrrole nitrogens is 1. The molecule has 50 valence electrons. The van der Waals surface area contributed by atoms with Crippen molar-refractivity contribution in [2.45, 2.75) is 0 Å². The van der Waals surface area contributed by atoms with Crippen LogP contribution in [0.2, 0.25) is 0 Å². The first-order chi connectivity index (χ1) is 4.86. The van der Waals surface area contributed by atoms with Crippen LogP contribution in [-0.4, -0.2) is 4.98 Å². The second kappa shape index (κ2) is 2.18. The standard InChI is InChI=1S/C7H5NS2/c9-7-2-1-5-3-8-4-6(5)10-7/h1-4,8H. The molecule has 0 bridgehead atoms. The predicted molar refractivity (Wildman–Crippen MR) is 47.0 cm³/mol. The van der Waals surface area contributed by atoms with Crippen molar-refractivity contribution in [3.05, 3.63) is 28.4 Å². The van der Waals surface area contributed by atoms with Gasteiger partial charge in [0.2, 0.25) is 0 Å². The summed E-state index contributed by atoms with van der Waals surface area (Å²) in [5.41, 5.74) is 0. The molecule has 0 radical (unpaired) electrons. The lowest BCUT2D eigenvalue weighted by atomic mass is 10.4. The first kappa shape index (κ1) is 6.07. The Balaban J connectivity index is 2.99. The predicted octanol–water partition coefficient (Wildman–Crippen LogP) is 2.96. The van der Waals surface area contributed by atoms with Crippen LogP contribution in [0.1, 0.15) is 0 Å². The van der Waals surface area contributed by atoms with Crippen molar-refractivity contribution in [1.82, 2.24) is 4.98 Å². The van der Waals surface area contributed by atoms with Crippen LogP contribution >= 0.6 is 23.6 Å². The lowest BCUT2D eigenvalue weighted by Gasteiger charge is -1.82. The maximum atomic E-state index is 5.01. The maximum Gasteiger partial charge on any atom is 0.0906 e. The van der Waals surface area contributed by atoms with Crippen LogP contribution in [0.15, 0.2) is 24.5 Å². The molecule has 0 aliphatic rings. The molecule has 0 aromatic carbocycles. The third-order valence-electron chi connectivity index (χ3n) is 1.35. The van der Waals surface area contributed by atoms with Gasteiger partial charge in [-0.2, -0.15) is 0 Å². The molecule has 2 heterocycles. The molecular formula is C7H5NS2. The molecule has 0 spiro atoms. The summed E-state index contributed by atoms with van der Waals surface area (Å²) in [6.07, 6.45) is 3.94. The van der Waals surface area contributed by atoms with E-state index in [4.69, 9.17) is 12.2 Å². The molecule has 0 atom stereocenters. The average molecular weight is 167 g/mol. The first-order valence-electron chi connectivity index (χ1n) is 2.93. The van der Waals surface area contributed by atoms with E-state index >= 15 is 0 Å². The van der Waals surface area contributed by atoms with E-state index in [1.165, 1.54) is 10.1 Å². The van der Waals surface area contributed by atoms with Crippen LogP contribution in [0.25, 0.3) is 10.1 Å². The summed E-state index contributed by atoms with van der Waals surface area (Å²) in [7, 11) is 0. The zero-order valence-electron chi connectivity index (χ0n) is 5.13. The van der Waals surface area contributed by atoms with Gasteiger partial charge in [0.25, 0.3) is 0 Å². The maximum absolute atomic E-state index is 5.01. The zero-order chi connectivity index (χ0) is 6.97. The zero-order valence-corrected chi connectivity index (χ0v) is 6.76. The Morgan fingerprint density at radius 1 is 1.30 bits per heavy atom. The van der Waals surface area contributed by atoms with Gasteiger partial charge in [-0.15, -0.1) is 11.3 Å². The highest BCUT2D eigenvalue weighted by atomic mass is 32.1. The Bertz CT molecular complexity index is 399. The Hall–Kier alpha value is -0.670. The van der Waals surface area contributed by atoms with E-state index in [9.17, 15) is 0 Å². The Labute approximate surface area is 67.3 Å². The third kappa shape index (κ3) is 0.874. The van der Waals surface area contributed by atoms with E-state index in [0.717, 1.165) is 3.82 Å². The first-order valence-corrected chi connectivity index (χ1v) is 4.15. The van der Waals surface area contributed by atoms with Gasteiger partial charge in [-0.05, 0) is 12.1 Å². The van der Waals surface area contributed by atoms with E-state index in [2.05, 4.69) is 4.98 Å². The number of hydrogen-bond acceptors (Lipinski definition) is 2. The number of fused-ring (bicyclic) bond motifs is 1. The van der Waals surface area contributed by atoms with Crippen molar-refractivity contribution in [2.75, 3.05) is 0 Å². The fraction of sp³-hybridized carbons (Fsp3) is 0. The van der Waals surface area contributed by atoms with Crippen LogP contribution in [0.3, 0.4) is 0 Å². The van der Waals surface area contributed by atoms with Crippen LogP contribution in [0.4, 0.5) is 0 Å². The third-order valence-corrected chi connectivity index (χ3v) is 2.64. The van der Waals surface area contributed by atoms with Crippen LogP contribution in [-0.2, 0) is 0 Å². The summed E-state index contributed by atoms with van der Waals surface area (Å²) in [4.78, 5) is 3.03. The largest absolute Gasteiger partial charge is 0.366 e. The molecule has 3 heteroatoms. The van der Waals surface area contributed by atoms with Gasteiger partial charge < -0.3 is 4.98 Å². The minimum atomic E-state index is 0.937. The van der Waals surface area contributed by atoms with Crippen molar-refractivity contribution in [1.29, 1.82) is 0 Å². The molecule has 10 heavy (non-hydrogen) atoms. The van der Waals surface area contributed by atoms with Crippen LogP contribution < -0.4 is 0 Å². The summed E-state index contributed by atoms with van der Waals surface area (Å²) < 4.78 is 2.17. The lowest BCUT2D eigenvalue weighted by molar-refractivity contribution is 1.43. The SMILES string of the molecule is S=c1ccc2c[nH]cc2s1. The molecule has 2 aromatic heterocycles. The van der Waals surface area contributed by atoms with Crippen molar-refractivity contribution >= 4 is 33.6 Å². The van der Waals surface area contributed by atoms with Crippen molar-refractivity contribution < 1.29 is 0 Å². The van der Waals surface area contributed by atoms with Crippen molar-refractivity contribution in [3.63, 3.8) is 0 Å². The summed E-state index contributed by atoms with van der Waals surface area (Å²) in [6, 6.07) is 3.99. The number of hydrogen-bond donors (Lipinski definition) is 1. The Morgan fingerprint density at radius 2 is 2.20 bits per heavy atom. The average Bonchev–Trinajstić information content (AvgIpc) is 2.33. The summed E-state index contributed by atoms with van der Waals surface area (Å²) in [6.45, 7) is 0. The van der Waals surface area contributed by atoms with Gasteiger partial charge in [0.1, 0.15) is 0 Å². The molecule has 0 aliphatic carbocycles. The molecule has 2 aromatic rings. The van der Waals surface area contributed by atoms with Gasteiger partial charge in [-0.1, -0.05) is 12.2 Å². The van der Waals surface area contributed by atoms with Gasteiger partial charge in [0.05, 0.1) is 8.52 Å². The van der Waals surface area contributed by atoms with Gasteiger partial charge in [0.15, 0.2) is 0 Å². The second-order valence-electron chi connectivity index (χ2n) is 2.03. The van der Waals surface area contributed by atoms with Gasteiger partial charge in [0, 0.05) is 17.8 Å². The minimum Gasteiger partial charge on any atom is -0.366 e. The van der Waals surface area contributed by atoms with Gasteiger partial charge in [-0.25, -0.2) is 0 Å². The normalized spacial score (nSPS) is 10.4. The summed E-state index contributed by atoms with van der Waals surface area (Å²) >= 11 is 6.64. The van der Waals surface area contributed by atoms with Crippen molar-refractivity contribution in [3.8, 4) is 0 Å². The molecule has 1 nitrogen and oxygen atoms in total. The van der Waals surface area contributed by atoms with E-state index in [1.54, 1.807) is 11.3 Å². The quantitative estimate of drug-likeness (QED) is 0.596. The molecule has 1 N–H and O–H groups in total. The van der Waals surface area contributed by atoms with Crippen LogP contribution in [0.5, 0.6) is 0 Å². The van der Waals surface area contributed by atoms with Gasteiger partial charge in [-0.3, -0.25) is 0 Å². The fourth-order valence-electron chi connectivity index (χ4n) is 0.880. The Kier molecular flexibility index (Phi) is 1.32. The molecule has 0 unspecified atom stereocenters. The number of rotatable bonds is 0. The highest BCUT2D eigenvalue weighted by molar-refractivity contribution is 7.73. The molecule has 0 saturated carbocycles. The highest BCUT2D eigenvalue weighted by Gasteiger charge is 1.90. The topological polar surface area (TPSA) is 15.8 Å². The summed E-state index contributed by atoms with van der Waals surface area (Å²) in [5.74, 6) is 0. The molecule has 0 saturated heterocycles. The molecule has 0 aliphatic heterocycles. The smallest absolute Gasteiger partial charge is 0.0906 e. The molecule has 0 amide bonds. The van der Waals surface area contributed by atoms with E-state index in [-0.39, 0.29) is 0 Å². The van der Waals surface area contributed by atoms with E-state index in [0.29, 0.717) is 0 Å². The number of aromatic amines is 1. The monoisotopic (exact) mass is 167 g/mol. The Morgan fingerprint density at radius 3 is 3.10 bits per heavy atom. The van der Waals surface area contributed by atoms with E-state index in [1.807, 2.05) is 24.5 Å². The molecular weight excluding hydrogens is 162 g/mol. The second-order valence-corrected chi connectivity index (χ2v) is 3.81. The fourth-order valence-corrected chi connectivity index (χ4v) is 1.94. The van der Waals surface area contributed by atoms with Crippen LogP contribution in [0, 0.1) is 3.82 Å². The molecule has 2 rings (SSSR count). The van der Waals surface area contributed by atoms with Gasteiger partial charge >= 0.3 is 0 Å². The highest BCUT2D eigenvalue weighted by Crippen LogP contribution is 2.18.